The number of hydrogen-bond acceptors (Lipinski definition) is 4. The Kier molecular flexibility index (Phi) is 2.68. The largest absolute Gasteiger partial charge is 0.348 e. The Labute approximate surface area is 96.4 Å². The van der Waals surface area contributed by atoms with Gasteiger partial charge in [-0.2, -0.15) is 5.26 Å². The van der Waals surface area contributed by atoms with Crippen molar-refractivity contribution in [2.75, 3.05) is 4.72 Å². The lowest BCUT2D eigenvalue weighted by Gasteiger charge is -2.02. The second kappa shape index (κ2) is 4.00. The molecule has 0 aromatic carbocycles. The molecule has 0 bridgehead atoms. The van der Waals surface area contributed by atoms with Gasteiger partial charge < -0.3 is 4.98 Å². The van der Waals surface area contributed by atoms with Crippen molar-refractivity contribution in [1.29, 1.82) is 5.26 Å². The Morgan fingerprint density at radius 2 is 2.19 bits per heavy atom. The number of nitrogens with zero attached hydrogens (tertiary/aromatic N) is 1. The maximum absolute atomic E-state index is 11.8. The van der Waals surface area contributed by atoms with Crippen LogP contribution in [0.2, 0.25) is 0 Å². The Morgan fingerprint density at radius 1 is 1.38 bits per heavy atom. The molecule has 0 fully saturated rings. The summed E-state index contributed by atoms with van der Waals surface area (Å²) in [5.41, 5.74) is 0. The summed E-state index contributed by atoms with van der Waals surface area (Å²) in [6.07, 6.45) is 1.62. The Morgan fingerprint density at radius 3 is 2.75 bits per heavy atom. The van der Waals surface area contributed by atoms with Crippen LogP contribution >= 0.6 is 11.3 Å². The molecule has 0 saturated heterocycles. The highest BCUT2D eigenvalue weighted by atomic mass is 32.2. The topological polar surface area (TPSA) is 85.8 Å². The minimum Gasteiger partial charge on any atom is -0.348 e. The molecule has 82 valence electrons. The second-order valence-electron chi connectivity index (χ2n) is 2.92. The number of aromatic nitrogens is 1. The molecule has 0 aliphatic carbocycles. The molecule has 0 spiro atoms. The van der Waals surface area contributed by atoms with Crippen molar-refractivity contribution in [2.45, 2.75) is 4.21 Å². The van der Waals surface area contributed by atoms with E-state index in [-0.39, 0.29) is 4.21 Å². The van der Waals surface area contributed by atoms with Crippen LogP contribution in [0.1, 0.15) is 4.88 Å². The zero-order chi connectivity index (χ0) is 11.6. The highest BCUT2D eigenvalue weighted by Crippen LogP contribution is 2.22. The van der Waals surface area contributed by atoms with E-state index < -0.39 is 10.0 Å². The summed E-state index contributed by atoms with van der Waals surface area (Å²) in [5, 5.41) is 8.61. The van der Waals surface area contributed by atoms with Crippen molar-refractivity contribution in [2.24, 2.45) is 0 Å². The zero-order valence-corrected chi connectivity index (χ0v) is 9.60. The molecule has 2 N–H and O–H groups in total. The highest BCUT2D eigenvalue weighted by molar-refractivity contribution is 7.94. The predicted molar refractivity (Wildman–Crippen MR) is 60.6 cm³/mol. The number of nitrogens with one attached hydrogen (secondary N) is 2. The molecule has 2 heterocycles. The molecular formula is C9H7N3O2S2. The number of H-pyrrole nitrogens is 1. The van der Waals surface area contributed by atoms with E-state index in [0.717, 1.165) is 11.3 Å². The van der Waals surface area contributed by atoms with E-state index in [1.165, 1.54) is 12.1 Å². The summed E-state index contributed by atoms with van der Waals surface area (Å²) in [6, 6.07) is 8.08. The smallest absolute Gasteiger partial charge is 0.272 e. The van der Waals surface area contributed by atoms with Crippen LogP contribution in [0.5, 0.6) is 0 Å². The number of aromatic amines is 1. The van der Waals surface area contributed by atoms with Gasteiger partial charge in [-0.1, -0.05) is 0 Å². The first kappa shape index (κ1) is 10.7. The van der Waals surface area contributed by atoms with Gasteiger partial charge in [0.1, 0.15) is 21.0 Å². The average Bonchev–Trinajstić information content (AvgIpc) is 2.85. The summed E-state index contributed by atoms with van der Waals surface area (Å²) in [6.45, 7) is 0. The highest BCUT2D eigenvalue weighted by Gasteiger charge is 2.17. The maximum Gasteiger partial charge on any atom is 0.272 e. The number of anilines is 1. The van der Waals surface area contributed by atoms with Crippen LogP contribution in [0.25, 0.3) is 0 Å². The van der Waals surface area contributed by atoms with Crippen LogP contribution in [0.3, 0.4) is 0 Å². The second-order valence-corrected chi connectivity index (χ2v) is 5.91. The Bertz CT molecular complexity index is 620. The fraction of sp³-hybridized carbons (Fsp3) is 0. The number of sulfonamides is 1. The van der Waals surface area contributed by atoms with Crippen LogP contribution < -0.4 is 4.72 Å². The third kappa shape index (κ3) is 2.08. The van der Waals surface area contributed by atoms with Crippen molar-refractivity contribution in [3.05, 3.63) is 35.3 Å². The molecule has 5 nitrogen and oxygen atoms in total. The van der Waals surface area contributed by atoms with Gasteiger partial charge in [-0.15, -0.1) is 11.3 Å². The van der Waals surface area contributed by atoms with Gasteiger partial charge in [-0.3, -0.25) is 4.72 Å². The molecule has 0 saturated carbocycles. The minimum atomic E-state index is -3.59. The first-order chi connectivity index (χ1) is 7.62. The van der Waals surface area contributed by atoms with Gasteiger partial charge in [-0.05, 0) is 24.3 Å². The number of thiophene rings is 1. The van der Waals surface area contributed by atoms with Gasteiger partial charge in [0.25, 0.3) is 10.0 Å². The lowest BCUT2D eigenvalue weighted by Crippen LogP contribution is -2.11. The Balaban J connectivity index is 2.29. The van der Waals surface area contributed by atoms with Crippen molar-refractivity contribution in [3.8, 4) is 6.07 Å². The van der Waals surface area contributed by atoms with Gasteiger partial charge >= 0.3 is 0 Å². The lowest BCUT2D eigenvalue weighted by atomic mass is 10.5. The van der Waals surface area contributed by atoms with Crippen molar-refractivity contribution >= 4 is 27.2 Å². The Hall–Kier alpha value is -1.78. The fourth-order valence-corrected chi connectivity index (χ4v) is 3.25. The summed E-state index contributed by atoms with van der Waals surface area (Å²) >= 11 is 0.936. The monoisotopic (exact) mass is 253 g/mol. The van der Waals surface area contributed by atoms with Gasteiger partial charge in [-0.25, -0.2) is 8.42 Å². The number of nitriles is 1. The summed E-state index contributed by atoms with van der Waals surface area (Å²) in [7, 11) is -3.59. The summed E-state index contributed by atoms with van der Waals surface area (Å²) < 4.78 is 26.1. The average molecular weight is 253 g/mol. The number of hydrogen-bond donors (Lipinski definition) is 2. The van der Waals surface area contributed by atoms with Crippen LogP contribution in [0.15, 0.2) is 34.7 Å². The normalized spacial score (nSPS) is 10.9. The maximum atomic E-state index is 11.8. The van der Waals surface area contributed by atoms with E-state index in [0.29, 0.717) is 10.7 Å². The first-order valence-corrected chi connectivity index (χ1v) is 6.58. The lowest BCUT2D eigenvalue weighted by molar-refractivity contribution is 0.603. The van der Waals surface area contributed by atoms with E-state index in [9.17, 15) is 8.42 Å². The van der Waals surface area contributed by atoms with E-state index in [1.807, 2.05) is 6.07 Å². The van der Waals surface area contributed by atoms with Crippen molar-refractivity contribution in [1.82, 2.24) is 4.98 Å². The van der Waals surface area contributed by atoms with Gasteiger partial charge in [0, 0.05) is 6.20 Å². The van der Waals surface area contributed by atoms with Gasteiger partial charge in [0.15, 0.2) is 0 Å². The van der Waals surface area contributed by atoms with E-state index >= 15 is 0 Å². The van der Waals surface area contributed by atoms with Gasteiger partial charge in [0.2, 0.25) is 0 Å². The minimum absolute atomic E-state index is 0.124. The first-order valence-electron chi connectivity index (χ1n) is 4.28. The van der Waals surface area contributed by atoms with Crippen LogP contribution in [-0.2, 0) is 10.0 Å². The standard InChI is InChI=1S/C9H7N3O2S2/c10-6-7-3-4-9(15-7)16(13,14)12-8-2-1-5-11-8/h1-5,11-12H. The van der Waals surface area contributed by atoms with Crippen molar-refractivity contribution in [3.63, 3.8) is 0 Å². The molecular weight excluding hydrogens is 246 g/mol. The van der Waals surface area contributed by atoms with Crippen LogP contribution in [0, 0.1) is 11.3 Å². The third-order valence-electron chi connectivity index (χ3n) is 1.80. The molecule has 2 rings (SSSR count). The quantitative estimate of drug-likeness (QED) is 0.873. The van der Waals surface area contributed by atoms with Crippen LogP contribution in [0.4, 0.5) is 5.82 Å². The zero-order valence-electron chi connectivity index (χ0n) is 7.97. The van der Waals surface area contributed by atoms with E-state index in [1.54, 1.807) is 18.3 Å². The molecule has 0 unspecified atom stereocenters. The molecule has 0 aliphatic heterocycles. The fourth-order valence-electron chi connectivity index (χ4n) is 1.11. The molecule has 2 aromatic heterocycles. The molecule has 0 atom stereocenters. The molecule has 0 amide bonds. The predicted octanol–water partition coefficient (Wildman–Crippen LogP) is 1.75. The van der Waals surface area contributed by atoms with Crippen molar-refractivity contribution < 1.29 is 8.42 Å². The number of rotatable bonds is 3. The SMILES string of the molecule is N#Cc1ccc(S(=O)(=O)Nc2ccc[nH]2)s1. The van der Waals surface area contributed by atoms with Gasteiger partial charge in [0.05, 0.1) is 0 Å². The summed E-state index contributed by atoms with van der Waals surface area (Å²) in [4.78, 5) is 3.10. The van der Waals surface area contributed by atoms with E-state index in [4.69, 9.17) is 5.26 Å². The third-order valence-corrected chi connectivity index (χ3v) is 4.65. The summed E-state index contributed by atoms with van der Waals surface area (Å²) in [5.74, 6) is 0.395. The van der Waals surface area contributed by atoms with E-state index in [2.05, 4.69) is 9.71 Å². The molecule has 0 radical (unpaired) electrons. The molecule has 2 aromatic rings. The molecule has 16 heavy (non-hydrogen) atoms. The molecule has 0 aliphatic rings. The molecule has 7 heteroatoms. The van der Waals surface area contributed by atoms with Crippen LogP contribution in [-0.4, -0.2) is 13.4 Å².